The highest BCUT2D eigenvalue weighted by atomic mass is 32.2. The molecule has 7 nitrogen and oxygen atoms in total. The minimum absolute atomic E-state index is 0.208. The number of para-hydroxylation sites is 2. The second kappa shape index (κ2) is 6.86. The van der Waals surface area contributed by atoms with Crippen molar-refractivity contribution in [3.63, 3.8) is 0 Å². The van der Waals surface area contributed by atoms with Crippen molar-refractivity contribution in [1.29, 1.82) is 0 Å². The van der Waals surface area contributed by atoms with Crippen molar-refractivity contribution in [1.82, 2.24) is 9.97 Å². The first-order valence-electron chi connectivity index (χ1n) is 7.94. The number of fused-ring (bicyclic) bond motifs is 1. The number of aromatic nitrogens is 2. The number of amides is 1. The van der Waals surface area contributed by atoms with Crippen LogP contribution in [-0.2, 0) is 10.0 Å². The summed E-state index contributed by atoms with van der Waals surface area (Å²) >= 11 is 1.12. The molecule has 1 amide bonds. The maximum absolute atomic E-state index is 12.5. The van der Waals surface area contributed by atoms with Crippen molar-refractivity contribution in [2.75, 3.05) is 10.0 Å². The summed E-state index contributed by atoms with van der Waals surface area (Å²) in [5.74, 6) is -0.0722. The Morgan fingerprint density at radius 1 is 1.04 bits per heavy atom. The fraction of sp³-hybridized carbons (Fsp3) is 0. The lowest BCUT2D eigenvalue weighted by atomic mass is 10.2. The highest BCUT2D eigenvalue weighted by molar-refractivity contribution is 7.94. The van der Waals surface area contributed by atoms with Gasteiger partial charge in [-0.3, -0.25) is 14.8 Å². The molecule has 27 heavy (non-hydrogen) atoms. The van der Waals surface area contributed by atoms with Crippen molar-refractivity contribution in [2.45, 2.75) is 4.21 Å². The average molecular weight is 398 g/mol. The van der Waals surface area contributed by atoms with E-state index in [0.717, 1.165) is 22.4 Å². The molecule has 0 spiro atoms. The molecule has 9 heteroatoms. The number of aromatic amines is 1. The molecule has 2 aromatic heterocycles. The number of nitrogens with zero attached hydrogens (tertiary/aromatic N) is 1. The van der Waals surface area contributed by atoms with Crippen LogP contribution < -0.4 is 10.0 Å². The number of imidazole rings is 1. The largest absolute Gasteiger partial charge is 0.324 e. The quantitative estimate of drug-likeness (QED) is 0.477. The van der Waals surface area contributed by atoms with Gasteiger partial charge in [-0.05, 0) is 41.8 Å². The van der Waals surface area contributed by atoms with Gasteiger partial charge in [0.05, 0.1) is 11.0 Å². The summed E-state index contributed by atoms with van der Waals surface area (Å²) in [5, 5.41) is 4.37. The molecule has 136 valence electrons. The normalized spacial score (nSPS) is 11.4. The lowest BCUT2D eigenvalue weighted by Gasteiger charge is -2.08. The molecule has 0 saturated carbocycles. The van der Waals surface area contributed by atoms with Crippen LogP contribution in [0.2, 0.25) is 0 Å². The third-order valence-corrected chi connectivity index (χ3v) is 6.54. The second-order valence-electron chi connectivity index (χ2n) is 5.68. The van der Waals surface area contributed by atoms with E-state index in [1.807, 2.05) is 24.3 Å². The van der Waals surface area contributed by atoms with Crippen molar-refractivity contribution in [3.05, 3.63) is 71.6 Å². The van der Waals surface area contributed by atoms with Crippen LogP contribution in [-0.4, -0.2) is 24.3 Å². The number of carbonyl (C=O) groups excluding carboxylic acids is 1. The van der Waals surface area contributed by atoms with E-state index in [1.54, 1.807) is 29.6 Å². The van der Waals surface area contributed by atoms with Crippen LogP contribution in [0.15, 0.2) is 70.3 Å². The first-order valence-corrected chi connectivity index (χ1v) is 10.3. The van der Waals surface area contributed by atoms with Crippen molar-refractivity contribution in [3.8, 4) is 0 Å². The van der Waals surface area contributed by atoms with Crippen molar-refractivity contribution < 1.29 is 13.2 Å². The van der Waals surface area contributed by atoms with Crippen molar-refractivity contribution in [2.24, 2.45) is 0 Å². The first-order chi connectivity index (χ1) is 13.0. The van der Waals surface area contributed by atoms with Crippen LogP contribution in [0.5, 0.6) is 0 Å². The van der Waals surface area contributed by atoms with E-state index in [0.29, 0.717) is 17.2 Å². The van der Waals surface area contributed by atoms with E-state index < -0.39 is 15.9 Å². The maximum atomic E-state index is 12.5. The first kappa shape index (κ1) is 17.3. The van der Waals surface area contributed by atoms with Crippen LogP contribution in [0.25, 0.3) is 11.0 Å². The minimum Gasteiger partial charge on any atom is -0.324 e. The molecule has 0 aliphatic rings. The van der Waals surface area contributed by atoms with Crippen molar-refractivity contribution >= 4 is 49.9 Å². The number of benzene rings is 2. The Balaban J connectivity index is 1.54. The fourth-order valence-corrected chi connectivity index (χ4v) is 4.58. The summed E-state index contributed by atoms with van der Waals surface area (Å²) in [5.41, 5.74) is 2.16. The Bertz CT molecular complexity index is 1180. The Labute approximate surface area is 159 Å². The number of hydrogen-bond donors (Lipinski definition) is 3. The number of nitrogens with one attached hydrogen (secondary N) is 3. The molecule has 0 unspecified atom stereocenters. The van der Waals surface area contributed by atoms with Gasteiger partial charge in [0, 0.05) is 11.3 Å². The van der Waals surface area contributed by atoms with Gasteiger partial charge in [-0.25, -0.2) is 13.4 Å². The van der Waals surface area contributed by atoms with E-state index in [4.69, 9.17) is 0 Å². The summed E-state index contributed by atoms with van der Waals surface area (Å²) in [4.78, 5) is 19.8. The Kier molecular flexibility index (Phi) is 4.38. The van der Waals surface area contributed by atoms with Gasteiger partial charge in [0.2, 0.25) is 5.95 Å². The number of sulfonamides is 1. The molecule has 0 radical (unpaired) electrons. The zero-order chi connectivity index (χ0) is 18.9. The lowest BCUT2D eigenvalue weighted by molar-refractivity contribution is 0.102. The fourth-order valence-electron chi connectivity index (χ4n) is 2.54. The molecule has 2 aromatic carbocycles. The number of H-pyrrole nitrogens is 1. The third kappa shape index (κ3) is 3.69. The molecular formula is C18H14N4O3S2. The number of rotatable bonds is 5. The topological polar surface area (TPSA) is 104 Å². The maximum Gasteiger partial charge on any atom is 0.271 e. The van der Waals surface area contributed by atoms with E-state index in [2.05, 4.69) is 20.0 Å². The number of carbonyl (C=O) groups is 1. The van der Waals surface area contributed by atoms with Gasteiger partial charge in [0.1, 0.15) is 4.21 Å². The molecule has 4 aromatic rings. The molecule has 0 aliphatic heterocycles. The zero-order valence-electron chi connectivity index (χ0n) is 13.8. The van der Waals surface area contributed by atoms with Crippen LogP contribution in [0, 0.1) is 0 Å². The molecular weight excluding hydrogens is 384 g/mol. The Morgan fingerprint density at radius 3 is 2.67 bits per heavy atom. The summed E-state index contributed by atoms with van der Waals surface area (Å²) in [6.07, 6.45) is 0. The van der Waals surface area contributed by atoms with Gasteiger partial charge in [0.15, 0.2) is 0 Å². The Morgan fingerprint density at radius 2 is 1.89 bits per heavy atom. The summed E-state index contributed by atoms with van der Waals surface area (Å²) in [6, 6.07) is 16.9. The van der Waals surface area contributed by atoms with Crippen LogP contribution in [0.4, 0.5) is 11.6 Å². The lowest BCUT2D eigenvalue weighted by Crippen LogP contribution is -2.15. The molecule has 3 N–H and O–H groups in total. The summed E-state index contributed by atoms with van der Waals surface area (Å²) < 4.78 is 27.3. The van der Waals surface area contributed by atoms with Gasteiger partial charge < -0.3 is 4.98 Å². The van der Waals surface area contributed by atoms with Crippen LogP contribution in [0.1, 0.15) is 10.4 Å². The summed E-state index contributed by atoms with van der Waals surface area (Å²) in [6.45, 7) is 0. The molecule has 4 rings (SSSR count). The van der Waals surface area contributed by atoms with E-state index in [1.165, 1.54) is 12.1 Å². The van der Waals surface area contributed by atoms with Gasteiger partial charge in [-0.1, -0.05) is 24.3 Å². The van der Waals surface area contributed by atoms with E-state index in [-0.39, 0.29) is 4.21 Å². The van der Waals surface area contributed by atoms with Crippen LogP contribution >= 0.6 is 11.3 Å². The van der Waals surface area contributed by atoms with E-state index >= 15 is 0 Å². The molecule has 0 aliphatic carbocycles. The molecule has 2 heterocycles. The van der Waals surface area contributed by atoms with Crippen LogP contribution in [0.3, 0.4) is 0 Å². The molecule has 0 atom stereocenters. The standard InChI is InChI=1S/C18H14N4O3S2/c23-17(21-18-19-14-7-1-2-8-15(14)20-18)12-5-3-6-13(11-12)22-27(24,25)16-9-4-10-26-16/h1-11,22H,(H2,19,20,21,23). The number of hydrogen-bond acceptors (Lipinski definition) is 5. The third-order valence-electron chi connectivity index (χ3n) is 3.76. The second-order valence-corrected chi connectivity index (χ2v) is 8.53. The molecule has 0 bridgehead atoms. The predicted molar refractivity (Wildman–Crippen MR) is 106 cm³/mol. The smallest absolute Gasteiger partial charge is 0.271 e. The predicted octanol–water partition coefficient (Wildman–Crippen LogP) is 3.68. The number of anilines is 2. The van der Waals surface area contributed by atoms with Gasteiger partial charge in [-0.2, -0.15) is 0 Å². The van der Waals surface area contributed by atoms with Gasteiger partial charge in [0.25, 0.3) is 15.9 Å². The average Bonchev–Trinajstić information content (AvgIpc) is 3.31. The van der Waals surface area contributed by atoms with Gasteiger partial charge >= 0.3 is 0 Å². The Hall–Kier alpha value is -3.17. The SMILES string of the molecule is O=C(Nc1nc2ccccc2[nH]1)c1cccc(NS(=O)(=O)c2cccs2)c1. The molecule has 0 saturated heterocycles. The minimum atomic E-state index is -3.67. The summed E-state index contributed by atoms with van der Waals surface area (Å²) in [7, 11) is -3.67. The van der Waals surface area contributed by atoms with E-state index in [9.17, 15) is 13.2 Å². The molecule has 0 fully saturated rings. The zero-order valence-corrected chi connectivity index (χ0v) is 15.5. The highest BCUT2D eigenvalue weighted by Crippen LogP contribution is 2.21. The number of thiophene rings is 1. The monoisotopic (exact) mass is 398 g/mol. The van der Waals surface area contributed by atoms with Gasteiger partial charge in [-0.15, -0.1) is 11.3 Å². The highest BCUT2D eigenvalue weighted by Gasteiger charge is 2.16.